The molecule has 72 valence electrons. The molecule has 0 aromatic heterocycles. The van der Waals surface area contributed by atoms with Crippen LogP contribution < -0.4 is 16.6 Å². The van der Waals surface area contributed by atoms with Crippen molar-refractivity contribution >= 4 is 5.91 Å². The minimum absolute atomic E-state index is 0.153. The molecule has 2 atom stereocenters. The molecule has 1 amide bonds. The molecule has 0 spiro atoms. The average Bonchev–Trinajstić information content (AvgIpc) is 2.36. The molecule has 4 N–H and O–H groups in total. The van der Waals surface area contributed by atoms with Gasteiger partial charge in [0.1, 0.15) is 6.04 Å². The number of hydrogen-bond donors (Lipinski definition) is 3. The lowest BCUT2D eigenvalue weighted by molar-refractivity contribution is -0.120. The van der Waals surface area contributed by atoms with Crippen molar-refractivity contribution in [3.63, 3.8) is 0 Å². The molecule has 0 bridgehead atoms. The van der Waals surface area contributed by atoms with E-state index < -0.39 is 0 Å². The normalized spacial score (nSPS) is 32.8. The number of primary amides is 1. The van der Waals surface area contributed by atoms with Gasteiger partial charge in [-0.15, -0.1) is 0 Å². The monoisotopic (exact) mass is 183 g/mol. The Morgan fingerprint density at radius 2 is 2.54 bits per heavy atom. The third-order valence-corrected chi connectivity index (χ3v) is 2.47. The Morgan fingerprint density at radius 1 is 1.69 bits per heavy atom. The Balaban J connectivity index is 2.16. The van der Waals surface area contributed by atoms with Crippen LogP contribution in [0.5, 0.6) is 0 Å². The summed E-state index contributed by atoms with van der Waals surface area (Å²) in [5, 5.41) is 0. The summed E-state index contributed by atoms with van der Waals surface area (Å²) in [4.78, 5) is 11.0. The van der Waals surface area contributed by atoms with Crippen molar-refractivity contribution < 1.29 is 9.53 Å². The molecule has 0 saturated carbocycles. The zero-order valence-corrected chi connectivity index (χ0v) is 7.25. The van der Waals surface area contributed by atoms with E-state index in [2.05, 4.69) is 10.9 Å². The van der Waals surface area contributed by atoms with Crippen LogP contribution in [0, 0.1) is 5.92 Å². The number of hydrogen-bond acceptors (Lipinski definition) is 4. The van der Waals surface area contributed by atoms with Crippen molar-refractivity contribution in [2.45, 2.75) is 12.5 Å². The highest BCUT2D eigenvalue weighted by Gasteiger charge is 2.35. The van der Waals surface area contributed by atoms with Crippen LogP contribution in [0.1, 0.15) is 6.42 Å². The third-order valence-electron chi connectivity index (χ3n) is 2.47. The van der Waals surface area contributed by atoms with Crippen LogP contribution in [0.15, 0.2) is 11.8 Å². The fourth-order valence-corrected chi connectivity index (χ4v) is 1.77. The lowest BCUT2D eigenvalue weighted by Gasteiger charge is -2.12. The molecular formula is C8H13N3O2. The Hall–Kier alpha value is -1.07. The van der Waals surface area contributed by atoms with E-state index in [4.69, 9.17) is 10.5 Å². The summed E-state index contributed by atoms with van der Waals surface area (Å²) in [6.45, 7) is 1.28. The molecule has 2 rings (SSSR count). The van der Waals surface area contributed by atoms with Gasteiger partial charge < -0.3 is 15.9 Å². The Labute approximate surface area is 76.3 Å². The van der Waals surface area contributed by atoms with Crippen molar-refractivity contribution in [2.24, 2.45) is 11.7 Å². The first-order chi connectivity index (χ1) is 6.29. The molecule has 2 unspecified atom stereocenters. The number of nitrogens with one attached hydrogen (secondary N) is 2. The van der Waals surface area contributed by atoms with Crippen LogP contribution in [0.4, 0.5) is 0 Å². The molecule has 1 fully saturated rings. The van der Waals surface area contributed by atoms with E-state index in [-0.39, 0.29) is 17.9 Å². The molecule has 2 heterocycles. The van der Waals surface area contributed by atoms with E-state index >= 15 is 0 Å². The van der Waals surface area contributed by atoms with Gasteiger partial charge in [-0.1, -0.05) is 0 Å². The topological polar surface area (TPSA) is 76.4 Å². The highest BCUT2D eigenvalue weighted by atomic mass is 16.5. The molecule has 0 aromatic rings. The summed E-state index contributed by atoms with van der Waals surface area (Å²) in [6.07, 6.45) is 2.78. The van der Waals surface area contributed by atoms with Gasteiger partial charge in [0.05, 0.1) is 6.61 Å². The maximum Gasteiger partial charge on any atom is 0.237 e. The summed E-state index contributed by atoms with van der Waals surface area (Å²) in [5.74, 6) is -0.164. The standard InChI is InChI=1S/C8H13N3O2/c9-8(12)7-5-1-3-13-4-2-6(5)10-11-7/h2,5,7,10-11H,1,3-4H2,(H2,9,12). The van der Waals surface area contributed by atoms with Crippen LogP contribution in [0.2, 0.25) is 0 Å². The zero-order chi connectivity index (χ0) is 9.26. The maximum atomic E-state index is 11.0. The Morgan fingerprint density at radius 3 is 3.31 bits per heavy atom. The molecule has 5 heteroatoms. The fourth-order valence-electron chi connectivity index (χ4n) is 1.77. The fraction of sp³-hybridized carbons (Fsp3) is 0.625. The minimum atomic E-state index is -0.317. The van der Waals surface area contributed by atoms with Gasteiger partial charge in [-0.3, -0.25) is 4.79 Å². The van der Waals surface area contributed by atoms with E-state index in [0.29, 0.717) is 13.2 Å². The van der Waals surface area contributed by atoms with Gasteiger partial charge in [0.15, 0.2) is 0 Å². The van der Waals surface area contributed by atoms with E-state index in [1.54, 1.807) is 0 Å². The van der Waals surface area contributed by atoms with Crippen molar-refractivity contribution in [1.29, 1.82) is 0 Å². The summed E-state index contributed by atoms with van der Waals surface area (Å²) < 4.78 is 5.26. The number of hydrazine groups is 1. The second-order valence-corrected chi connectivity index (χ2v) is 3.28. The van der Waals surface area contributed by atoms with Crippen molar-refractivity contribution in [3.05, 3.63) is 11.8 Å². The maximum absolute atomic E-state index is 11.0. The number of carbonyl (C=O) groups excluding carboxylic acids is 1. The molecule has 2 aliphatic heterocycles. The Bertz CT molecular complexity index is 252. The summed E-state index contributed by atoms with van der Waals surface area (Å²) in [7, 11) is 0. The quantitative estimate of drug-likeness (QED) is 0.480. The van der Waals surface area contributed by atoms with Gasteiger partial charge in [-0.25, -0.2) is 5.43 Å². The van der Waals surface area contributed by atoms with E-state index in [1.807, 2.05) is 6.08 Å². The molecular weight excluding hydrogens is 170 g/mol. The molecule has 5 nitrogen and oxygen atoms in total. The minimum Gasteiger partial charge on any atom is -0.377 e. The van der Waals surface area contributed by atoms with E-state index in [9.17, 15) is 4.79 Å². The number of carbonyl (C=O) groups is 1. The molecule has 2 aliphatic rings. The lowest BCUT2D eigenvalue weighted by Crippen LogP contribution is -2.43. The van der Waals surface area contributed by atoms with Crippen molar-refractivity contribution in [1.82, 2.24) is 10.9 Å². The van der Waals surface area contributed by atoms with Crippen LogP contribution in [-0.4, -0.2) is 25.2 Å². The SMILES string of the molecule is NC(=O)C1NNC2=CCOCCC21. The number of amides is 1. The van der Waals surface area contributed by atoms with Gasteiger partial charge in [0, 0.05) is 18.2 Å². The van der Waals surface area contributed by atoms with Crippen molar-refractivity contribution in [2.75, 3.05) is 13.2 Å². The van der Waals surface area contributed by atoms with Crippen LogP contribution in [0.3, 0.4) is 0 Å². The number of ether oxygens (including phenoxy) is 1. The first-order valence-corrected chi connectivity index (χ1v) is 4.37. The molecule has 0 radical (unpaired) electrons. The number of nitrogens with two attached hydrogens (primary N) is 1. The van der Waals surface area contributed by atoms with E-state index in [1.165, 1.54) is 0 Å². The molecule has 0 aromatic carbocycles. The van der Waals surface area contributed by atoms with Gasteiger partial charge in [-0.2, -0.15) is 0 Å². The van der Waals surface area contributed by atoms with E-state index in [0.717, 1.165) is 12.1 Å². The zero-order valence-electron chi connectivity index (χ0n) is 7.25. The van der Waals surface area contributed by atoms with Crippen LogP contribution in [0.25, 0.3) is 0 Å². The van der Waals surface area contributed by atoms with Crippen molar-refractivity contribution in [3.8, 4) is 0 Å². The Kier molecular flexibility index (Phi) is 2.20. The highest BCUT2D eigenvalue weighted by molar-refractivity contribution is 5.81. The number of fused-ring (bicyclic) bond motifs is 1. The second-order valence-electron chi connectivity index (χ2n) is 3.28. The first kappa shape index (κ1) is 8.52. The van der Waals surface area contributed by atoms with Gasteiger partial charge in [-0.05, 0) is 12.5 Å². The summed E-state index contributed by atoms with van der Waals surface area (Å²) in [5.41, 5.74) is 12.1. The largest absolute Gasteiger partial charge is 0.377 e. The molecule has 13 heavy (non-hydrogen) atoms. The third kappa shape index (κ3) is 1.52. The predicted molar refractivity (Wildman–Crippen MR) is 46.3 cm³/mol. The average molecular weight is 183 g/mol. The first-order valence-electron chi connectivity index (χ1n) is 4.37. The number of rotatable bonds is 1. The summed E-state index contributed by atoms with van der Waals surface area (Å²) in [6, 6.07) is -0.298. The second kappa shape index (κ2) is 3.35. The van der Waals surface area contributed by atoms with Gasteiger partial charge in [0.25, 0.3) is 0 Å². The predicted octanol–water partition coefficient (Wildman–Crippen LogP) is -1.13. The summed E-state index contributed by atoms with van der Waals surface area (Å²) >= 11 is 0. The molecule has 1 saturated heterocycles. The van der Waals surface area contributed by atoms with Crippen LogP contribution >= 0.6 is 0 Å². The highest BCUT2D eigenvalue weighted by Crippen LogP contribution is 2.23. The van der Waals surface area contributed by atoms with Gasteiger partial charge >= 0.3 is 0 Å². The molecule has 0 aliphatic carbocycles. The smallest absolute Gasteiger partial charge is 0.237 e. The van der Waals surface area contributed by atoms with Crippen LogP contribution in [-0.2, 0) is 9.53 Å². The lowest BCUT2D eigenvalue weighted by atomic mass is 9.95. The van der Waals surface area contributed by atoms with Gasteiger partial charge in [0.2, 0.25) is 5.91 Å².